The quantitative estimate of drug-likeness (QED) is 0.713. The van der Waals surface area contributed by atoms with Crippen molar-refractivity contribution in [2.45, 2.75) is 9.79 Å². The first-order valence-electron chi connectivity index (χ1n) is 7.55. The predicted octanol–water partition coefficient (Wildman–Crippen LogP) is 4.25. The number of likely N-dealkylation sites (N-methyl/N-ethyl adjacent to an activating group) is 1. The summed E-state index contributed by atoms with van der Waals surface area (Å²) in [5.74, 6) is -0.0469. The number of nitrogens with zero attached hydrogens (tertiary/aromatic N) is 1. The van der Waals surface area contributed by atoms with E-state index < -0.39 is 0 Å². The highest BCUT2D eigenvalue weighted by Gasteiger charge is 2.14. The fourth-order valence-electron chi connectivity index (χ4n) is 2.03. The highest BCUT2D eigenvalue weighted by molar-refractivity contribution is 8.00. The third-order valence-electron chi connectivity index (χ3n) is 3.36. The molecule has 0 aliphatic carbocycles. The van der Waals surface area contributed by atoms with Gasteiger partial charge >= 0.3 is 0 Å². The third-order valence-corrected chi connectivity index (χ3v) is 5.41. The van der Waals surface area contributed by atoms with Gasteiger partial charge in [0.25, 0.3) is 0 Å². The second kappa shape index (κ2) is 9.75. The van der Waals surface area contributed by atoms with Gasteiger partial charge in [0.15, 0.2) is 0 Å². The maximum Gasteiger partial charge on any atom is 0.244 e. The van der Waals surface area contributed by atoms with Crippen LogP contribution in [0.2, 0.25) is 5.02 Å². The zero-order valence-electron chi connectivity index (χ0n) is 14.0. The van der Waals surface area contributed by atoms with Gasteiger partial charge in [0, 0.05) is 21.9 Å². The molecular formula is C18H19ClN2O2S2. The van der Waals surface area contributed by atoms with Crippen molar-refractivity contribution in [2.24, 2.45) is 0 Å². The van der Waals surface area contributed by atoms with Gasteiger partial charge < -0.3 is 10.2 Å². The number of benzene rings is 2. The molecule has 2 aromatic carbocycles. The summed E-state index contributed by atoms with van der Waals surface area (Å²) >= 11 is 8.82. The van der Waals surface area contributed by atoms with E-state index >= 15 is 0 Å². The Morgan fingerprint density at radius 2 is 1.80 bits per heavy atom. The molecule has 4 nitrogen and oxygen atoms in total. The number of halogens is 1. The van der Waals surface area contributed by atoms with Crippen LogP contribution in [0.15, 0.2) is 58.3 Å². The molecule has 1 N–H and O–H groups in total. The maximum atomic E-state index is 12.2. The van der Waals surface area contributed by atoms with Crippen LogP contribution in [0, 0.1) is 0 Å². The van der Waals surface area contributed by atoms with Gasteiger partial charge in [0.2, 0.25) is 11.8 Å². The summed E-state index contributed by atoms with van der Waals surface area (Å²) in [5, 5.41) is 3.51. The molecule has 0 heterocycles. The number of amides is 2. The Bertz CT molecular complexity index is 738. The summed E-state index contributed by atoms with van der Waals surface area (Å²) in [5.41, 5.74) is 0.761. The van der Waals surface area contributed by atoms with Crippen LogP contribution >= 0.6 is 35.1 Å². The topological polar surface area (TPSA) is 49.4 Å². The van der Waals surface area contributed by atoms with Gasteiger partial charge in [-0.2, -0.15) is 0 Å². The molecule has 2 aromatic rings. The molecule has 0 aromatic heterocycles. The molecule has 7 heteroatoms. The zero-order valence-corrected chi connectivity index (χ0v) is 16.4. The Hall–Kier alpha value is -1.63. The minimum atomic E-state index is -0.214. The first kappa shape index (κ1) is 19.7. The first-order chi connectivity index (χ1) is 12.0. The van der Waals surface area contributed by atoms with E-state index in [-0.39, 0.29) is 24.1 Å². The van der Waals surface area contributed by atoms with Gasteiger partial charge in [-0.3, -0.25) is 9.59 Å². The molecule has 0 spiro atoms. The van der Waals surface area contributed by atoms with Crippen molar-refractivity contribution in [3.8, 4) is 0 Å². The summed E-state index contributed by atoms with van der Waals surface area (Å²) in [6.07, 6.45) is 1.95. The minimum Gasteiger partial charge on any atom is -0.336 e. The van der Waals surface area contributed by atoms with E-state index in [0.29, 0.717) is 5.02 Å². The zero-order chi connectivity index (χ0) is 18.2. The van der Waals surface area contributed by atoms with Gasteiger partial charge in [-0.25, -0.2) is 0 Å². The Morgan fingerprint density at radius 1 is 1.12 bits per heavy atom. The van der Waals surface area contributed by atoms with Crippen LogP contribution in [0.25, 0.3) is 0 Å². The molecule has 0 saturated carbocycles. The van der Waals surface area contributed by atoms with Crippen LogP contribution in [0.3, 0.4) is 0 Å². The highest BCUT2D eigenvalue weighted by atomic mass is 35.5. The normalized spacial score (nSPS) is 10.4. The fourth-order valence-corrected chi connectivity index (χ4v) is 3.55. The molecule has 2 rings (SSSR count). The van der Waals surface area contributed by atoms with Crippen molar-refractivity contribution in [3.63, 3.8) is 0 Å². The van der Waals surface area contributed by atoms with Crippen LogP contribution in [0.1, 0.15) is 0 Å². The average Bonchev–Trinajstić information content (AvgIpc) is 2.61. The number of carbonyl (C=O) groups excluding carboxylic acids is 2. The second-order valence-corrected chi connectivity index (χ2v) is 7.57. The smallest absolute Gasteiger partial charge is 0.244 e. The van der Waals surface area contributed by atoms with Crippen molar-refractivity contribution in [2.75, 3.05) is 30.9 Å². The van der Waals surface area contributed by atoms with Gasteiger partial charge in [-0.15, -0.1) is 23.5 Å². The molecule has 0 atom stereocenters. The molecule has 132 valence electrons. The maximum absolute atomic E-state index is 12.2. The SMILES string of the molecule is CSc1ccccc1NC(=O)CN(C)C(=O)CSc1ccc(Cl)cc1. The number of thioether (sulfide) groups is 2. The summed E-state index contributed by atoms with van der Waals surface area (Å²) in [4.78, 5) is 27.7. The number of hydrogen-bond acceptors (Lipinski definition) is 4. The Labute approximate surface area is 161 Å². The van der Waals surface area contributed by atoms with Crippen molar-refractivity contribution in [3.05, 3.63) is 53.6 Å². The summed E-state index contributed by atoms with van der Waals surface area (Å²) < 4.78 is 0. The Balaban J connectivity index is 1.83. The molecule has 2 amide bonds. The molecule has 0 radical (unpaired) electrons. The van der Waals surface area contributed by atoms with E-state index in [4.69, 9.17) is 11.6 Å². The lowest BCUT2D eigenvalue weighted by Crippen LogP contribution is -2.36. The molecule has 0 unspecified atom stereocenters. The van der Waals surface area contributed by atoms with E-state index in [0.717, 1.165) is 15.5 Å². The lowest BCUT2D eigenvalue weighted by Gasteiger charge is -2.17. The Kier molecular flexibility index (Phi) is 7.68. The van der Waals surface area contributed by atoms with Gasteiger partial charge in [0.1, 0.15) is 0 Å². The number of nitrogens with one attached hydrogen (secondary N) is 1. The molecule has 0 saturated heterocycles. The van der Waals surface area contributed by atoms with Crippen molar-refractivity contribution in [1.82, 2.24) is 4.90 Å². The molecule has 25 heavy (non-hydrogen) atoms. The predicted molar refractivity (Wildman–Crippen MR) is 107 cm³/mol. The second-order valence-electron chi connectivity index (χ2n) is 5.24. The molecular weight excluding hydrogens is 376 g/mol. The highest BCUT2D eigenvalue weighted by Crippen LogP contribution is 2.24. The number of para-hydroxylation sites is 1. The van der Waals surface area contributed by atoms with E-state index in [2.05, 4.69) is 5.32 Å². The van der Waals surface area contributed by atoms with E-state index in [1.165, 1.54) is 16.7 Å². The van der Waals surface area contributed by atoms with Crippen molar-refractivity contribution in [1.29, 1.82) is 0 Å². The van der Waals surface area contributed by atoms with Crippen LogP contribution in [-0.2, 0) is 9.59 Å². The summed E-state index contributed by atoms with van der Waals surface area (Å²) in [7, 11) is 1.63. The number of rotatable bonds is 7. The summed E-state index contributed by atoms with van der Waals surface area (Å²) in [6.45, 7) is 0.0166. The molecule has 0 aliphatic rings. The lowest BCUT2D eigenvalue weighted by molar-refractivity contribution is -0.131. The first-order valence-corrected chi connectivity index (χ1v) is 10.1. The van der Waals surface area contributed by atoms with E-state index in [9.17, 15) is 9.59 Å². The lowest BCUT2D eigenvalue weighted by atomic mass is 10.3. The molecule has 0 fully saturated rings. The monoisotopic (exact) mass is 394 g/mol. The number of anilines is 1. The minimum absolute atomic E-state index is 0.0166. The molecule has 0 aliphatic heterocycles. The van der Waals surface area contributed by atoms with Crippen LogP contribution in [-0.4, -0.2) is 42.3 Å². The van der Waals surface area contributed by atoms with Gasteiger partial charge in [0.05, 0.1) is 18.0 Å². The van der Waals surface area contributed by atoms with E-state index in [1.54, 1.807) is 30.9 Å². The third kappa shape index (κ3) is 6.30. The average molecular weight is 395 g/mol. The van der Waals surface area contributed by atoms with Crippen LogP contribution in [0.4, 0.5) is 5.69 Å². The Morgan fingerprint density at radius 3 is 2.48 bits per heavy atom. The standard InChI is InChI=1S/C18H19ClN2O2S2/c1-21(18(23)12-25-14-9-7-13(19)8-10-14)11-17(22)20-15-5-3-4-6-16(15)24-2/h3-10H,11-12H2,1-2H3,(H,20,22). The van der Waals surface area contributed by atoms with Gasteiger partial charge in [-0.1, -0.05) is 23.7 Å². The fraction of sp³-hybridized carbons (Fsp3) is 0.222. The van der Waals surface area contributed by atoms with Crippen LogP contribution in [0.5, 0.6) is 0 Å². The number of hydrogen-bond donors (Lipinski definition) is 1. The number of carbonyl (C=O) groups is 2. The van der Waals surface area contributed by atoms with E-state index in [1.807, 2.05) is 42.7 Å². The summed E-state index contributed by atoms with van der Waals surface area (Å²) in [6, 6.07) is 14.9. The largest absolute Gasteiger partial charge is 0.336 e. The van der Waals surface area contributed by atoms with Crippen molar-refractivity contribution < 1.29 is 9.59 Å². The van der Waals surface area contributed by atoms with Crippen molar-refractivity contribution >= 4 is 52.6 Å². The van der Waals surface area contributed by atoms with Gasteiger partial charge in [-0.05, 0) is 42.7 Å². The molecule has 0 bridgehead atoms. The van der Waals surface area contributed by atoms with Crippen LogP contribution < -0.4 is 5.32 Å².